The summed E-state index contributed by atoms with van der Waals surface area (Å²) in [6.07, 6.45) is 1.50. The van der Waals surface area contributed by atoms with Gasteiger partial charge < -0.3 is 49.4 Å². The molecule has 0 atom stereocenters. The summed E-state index contributed by atoms with van der Waals surface area (Å²) in [6, 6.07) is 33.6. The van der Waals surface area contributed by atoms with Gasteiger partial charge in [-0.25, -0.2) is 0 Å². The zero-order valence-electron chi connectivity index (χ0n) is 48.6. The molecule has 0 bridgehead atoms. The minimum absolute atomic E-state index is 0. The maximum atomic E-state index is 11.4. The molecule has 6 rings (SSSR count). The van der Waals surface area contributed by atoms with E-state index in [1.807, 2.05) is 140 Å². The Bertz CT molecular complexity index is 2750. The number of hydrogen-bond donors (Lipinski definition) is 0. The van der Waals surface area contributed by atoms with Gasteiger partial charge in [0.25, 0.3) is 0 Å². The first-order valence-electron chi connectivity index (χ1n) is 25.3. The van der Waals surface area contributed by atoms with Crippen molar-refractivity contribution in [3.05, 3.63) is 184 Å². The van der Waals surface area contributed by atoms with Crippen LogP contribution in [0.1, 0.15) is 213 Å². The van der Waals surface area contributed by atoms with E-state index in [-0.39, 0.29) is 75.6 Å². The standard InChI is InChI=1S/2C16H24O2.2C13H8O2S.2C3H7NO.2Mo/c2*1-9(2)12-7-13(10(3)4)15(16(17)18)14(8-12)11(5)6;2*14-13(15)12-9-8-11(16-12)7-6-10-4-2-1-3-5-10;2*1-4(2)3-5;;/h2*7-11H,1-6H3,(H,17,18);2*1-5,8-9H,(H,14,15);2*3H,1-2H3;;/q;;;;;;2*+2/p-4. The van der Waals surface area contributed by atoms with Crippen LogP contribution >= 0.6 is 22.7 Å². The first-order valence-corrected chi connectivity index (χ1v) is 27.0. The van der Waals surface area contributed by atoms with Gasteiger partial charge >= 0.3 is 42.1 Å². The largest absolute Gasteiger partial charge is 2.00 e. The number of hydrogen-bond acceptors (Lipinski definition) is 12. The van der Waals surface area contributed by atoms with Gasteiger partial charge in [-0.15, -0.1) is 22.7 Å². The van der Waals surface area contributed by atoms with Gasteiger partial charge in [0, 0.05) is 50.4 Å². The molecule has 16 heteroatoms. The van der Waals surface area contributed by atoms with Gasteiger partial charge in [-0.2, -0.15) is 0 Å². The summed E-state index contributed by atoms with van der Waals surface area (Å²) < 4.78 is 0. The number of aromatic carboxylic acids is 4. The third-order valence-electron chi connectivity index (χ3n) is 10.9. The number of amides is 2. The van der Waals surface area contributed by atoms with Crippen molar-refractivity contribution in [1.29, 1.82) is 0 Å². The van der Waals surface area contributed by atoms with E-state index in [1.54, 1.807) is 40.3 Å². The van der Waals surface area contributed by atoms with Crippen LogP contribution in [0.15, 0.2) is 109 Å². The number of thiophene rings is 2. The first-order chi connectivity index (χ1) is 36.6. The number of nitrogens with zero attached hydrogens (tertiary/aromatic N) is 2. The van der Waals surface area contributed by atoms with Crippen LogP contribution in [0.4, 0.5) is 0 Å². The molecule has 2 heterocycles. The van der Waals surface area contributed by atoms with Gasteiger partial charge in [-0.1, -0.05) is 167 Å². The van der Waals surface area contributed by atoms with Gasteiger partial charge in [-0.05, 0) is 117 Å². The minimum Gasteiger partial charge on any atom is -0.545 e. The molecule has 424 valence electrons. The van der Waals surface area contributed by atoms with Crippen LogP contribution in [-0.2, 0) is 51.7 Å². The number of carbonyl (C=O) groups is 6. The molecule has 4 aromatic carbocycles. The normalized spacial score (nSPS) is 9.78. The molecule has 0 fully saturated rings. The second-order valence-electron chi connectivity index (χ2n) is 19.9. The SMILES string of the molecule is CC(C)c1cc(C(C)C)c(C(=O)[O-])c(C(C)C)c1.CC(C)c1cc(C(C)C)c(C(=O)[O-])c(C(C)C)c1.CN(C)C=O.CN(C)C=O.O=C([O-])c1ccc(C#Cc2ccccc2)s1.O=C([O-])c1ccc(C#Cc2ccccc2)s1.[Mo+2].[Mo+2]. The van der Waals surface area contributed by atoms with Gasteiger partial charge in [0.15, 0.2) is 0 Å². The number of carboxylic acid groups (broad SMARTS) is 4. The molecule has 2 aromatic heterocycles. The van der Waals surface area contributed by atoms with Gasteiger partial charge in [-0.3, -0.25) is 9.59 Å². The molecule has 0 radical (unpaired) electrons. The second kappa shape index (κ2) is 39.1. The fourth-order valence-corrected chi connectivity index (χ4v) is 8.11. The molecule has 0 N–H and O–H groups in total. The summed E-state index contributed by atoms with van der Waals surface area (Å²) in [6.45, 7) is 24.7. The van der Waals surface area contributed by atoms with E-state index in [4.69, 9.17) is 0 Å². The van der Waals surface area contributed by atoms with Crippen molar-refractivity contribution in [3.63, 3.8) is 0 Å². The molecule has 80 heavy (non-hydrogen) atoms. The topological polar surface area (TPSA) is 201 Å². The second-order valence-corrected chi connectivity index (χ2v) is 22.1. The first kappa shape index (κ1) is 75.7. The Morgan fingerprint density at radius 3 is 0.825 bits per heavy atom. The summed E-state index contributed by atoms with van der Waals surface area (Å²) >= 11 is 2.25. The van der Waals surface area contributed by atoms with Crippen LogP contribution in [0.2, 0.25) is 0 Å². The van der Waals surface area contributed by atoms with E-state index < -0.39 is 23.9 Å². The smallest absolute Gasteiger partial charge is 0.545 e. The van der Waals surface area contributed by atoms with Gasteiger partial charge in [0.1, 0.15) is 0 Å². The van der Waals surface area contributed by atoms with E-state index in [0.29, 0.717) is 23.0 Å². The monoisotopic (exact) mass is 1290 g/mol. The van der Waals surface area contributed by atoms with Crippen molar-refractivity contribution >= 4 is 59.4 Å². The zero-order valence-corrected chi connectivity index (χ0v) is 54.3. The van der Waals surface area contributed by atoms with Crippen molar-refractivity contribution in [2.75, 3.05) is 28.2 Å². The summed E-state index contributed by atoms with van der Waals surface area (Å²) in [5.74, 6) is 8.88. The third-order valence-corrected chi connectivity index (χ3v) is 12.9. The maximum Gasteiger partial charge on any atom is 2.00 e. The molecule has 6 aromatic rings. The van der Waals surface area contributed by atoms with Crippen molar-refractivity contribution in [1.82, 2.24) is 9.80 Å². The number of benzene rings is 4. The predicted molar refractivity (Wildman–Crippen MR) is 308 cm³/mol. The molecular formula is C64H74Mo2N2O10S2. The van der Waals surface area contributed by atoms with Crippen LogP contribution in [0, 0.1) is 23.7 Å². The zero-order chi connectivity index (χ0) is 59.4. The van der Waals surface area contributed by atoms with Crippen LogP contribution in [0.25, 0.3) is 0 Å². The summed E-state index contributed by atoms with van der Waals surface area (Å²) in [5, 5.41) is 43.9. The Labute approximate surface area is 511 Å². The Hall–Kier alpha value is -6.40. The number of carboxylic acids is 4. The molecule has 0 aliphatic carbocycles. The maximum absolute atomic E-state index is 11.4. The molecule has 0 unspecified atom stereocenters. The van der Waals surface area contributed by atoms with Crippen molar-refractivity contribution in [2.45, 2.75) is 119 Å². The average molecular weight is 1290 g/mol. The molecular weight excluding hydrogens is 1210 g/mol. The fraction of sp³-hybridized carbons (Fsp3) is 0.344. The molecule has 0 aliphatic heterocycles. The van der Waals surface area contributed by atoms with E-state index in [2.05, 4.69) is 51.4 Å². The summed E-state index contributed by atoms with van der Waals surface area (Å²) in [5.41, 5.74) is 8.58. The van der Waals surface area contributed by atoms with Crippen molar-refractivity contribution in [3.8, 4) is 23.7 Å². The summed E-state index contributed by atoms with van der Waals surface area (Å²) in [4.78, 5) is 67.5. The molecule has 0 spiro atoms. The third kappa shape index (κ3) is 27.7. The number of rotatable bonds is 12. The minimum atomic E-state index is -1.15. The Morgan fingerprint density at radius 2 is 0.650 bits per heavy atom. The van der Waals surface area contributed by atoms with Crippen LogP contribution < -0.4 is 20.4 Å². The Morgan fingerprint density at radius 1 is 0.400 bits per heavy atom. The van der Waals surface area contributed by atoms with Crippen molar-refractivity contribution < 1.29 is 91.3 Å². The van der Waals surface area contributed by atoms with Gasteiger partial charge in [0.05, 0.1) is 43.4 Å². The van der Waals surface area contributed by atoms with Crippen LogP contribution in [0.3, 0.4) is 0 Å². The molecule has 12 nitrogen and oxygen atoms in total. The molecule has 2 amide bonds. The predicted octanol–water partition coefficient (Wildman–Crippen LogP) is 9.27. The Kier molecular flexibility index (Phi) is 37.0. The van der Waals surface area contributed by atoms with E-state index in [9.17, 15) is 49.2 Å². The van der Waals surface area contributed by atoms with Gasteiger partial charge in [0.2, 0.25) is 12.8 Å². The van der Waals surface area contributed by atoms with E-state index in [1.165, 1.54) is 33.1 Å². The van der Waals surface area contributed by atoms with E-state index >= 15 is 0 Å². The fourth-order valence-electron chi connectivity index (χ4n) is 6.72. The average Bonchev–Trinajstić information content (AvgIpc) is 4.09. The number of carbonyl (C=O) groups excluding carboxylic acids is 6. The Balaban J connectivity index is 0. The molecule has 0 aliphatic rings. The summed E-state index contributed by atoms with van der Waals surface area (Å²) in [7, 11) is 6.75. The molecule has 0 saturated carbocycles. The quantitative estimate of drug-likeness (QED) is 0.0646. The van der Waals surface area contributed by atoms with Crippen molar-refractivity contribution in [2.24, 2.45) is 0 Å². The molecule has 0 saturated heterocycles. The van der Waals surface area contributed by atoms with Crippen LogP contribution in [-0.4, -0.2) is 74.7 Å². The van der Waals surface area contributed by atoms with Crippen LogP contribution in [0.5, 0.6) is 0 Å². The van der Waals surface area contributed by atoms with E-state index in [0.717, 1.165) is 78.6 Å².